The van der Waals surface area contributed by atoms with E-state index in [1.807, 2.05) is 20.2 Å². The van der Waals surface area contributed by atoms with Crippen LogP contribution >= 0.6 is 23.2 Å². The van der Waals surface area contributed by atoms with Crippen molar-refractivity contribution in [3.8, 4) is 0 Å². The topological polar surface area (TPSA) is 78.3 Å². The Labute approximate surface area is 159 Å². The Bertz CT molecular complexity index is 981. The molecule has 136 valence electrons. The molecule has 0 saturated carbocycles. The first-order chi connectivity index (χ1) is 12.5. The molecular weight excluding hydrogens is 377 g/mol. The molecule has 1 atom stereocenters. The lowest BCUT2D eigenvalue weighted by Crippen LogP contribution is -2.31. The molecule has 1 saturated heterocycles. The van der Waals surface area contributed by atoms with Gasteiger partial charge in [-0.05, 0) is 36.2 Å². The zero-order valence-corrected chi connectivity index (χ0v) is 15.8. The number of fused-ring (bicyclic) bond motifs is 1. The van der Waals surface area contributed by atoms with Crippen LogP contribution in [0.25, 0.3) is 10.9 Å². The summed E-state index contributed by atoms with van der Waals surface area (Å²) < 4.78 is 5.37. The molecule has 4 rings (SSSR count). The fraction of sp³-hybridized carbons (Fsp3) is 0.353. The van der Waals surface area contributed by atoms with Gasteiger partial charge in [0.25, 0.3) is 17.7 Å². The standard InChI is InChI=1S/C17H17Cl2N5O2/c1-23(2)17-21-15(26-22-17)12-4-3-7-24(12)16(25)14-13(19)10-8-9(18)5-6-11(10)20-14/h5-6,8,12,20H,3-4,7H2,1-2H3/t12-/m0/s1. The quantitative estimate of drug-likeness (QED) is 0.729. The number of rotatable bonds is 3. The molecule has 7 nitrogen and oxygen atoms in total. The van der Waals surface area contributed by atoms with E-state index in [0.29, 0.717) is 34.1 Å². The van der Waals surface area contributed by atoms with Crippen molar-refractivity contribution < 1.29 is 9.32 Å². The number of nitrogens with one attached hydrogen (secondary N) is 1. The van der Waals surface area contributed by atoms with Crippen LogP contribution in [0.15, 0.2) is 22.7 Å². The third-order valence-corrected chi connectivity index (χ3v) is 5.17. The van der Waals surface area contributed by atoms with Crippen molar-refractivity contribution in [1.29, 1.82) is 0 Å². The van der Waals surface area contributed by atoms with Crippen molar-refractivity contribution in [2.75, 3.05) is 25.5 Å². The summed E-state index contributed by atoms with van der Waals surface area (Å²) in [4.78, 5) is 24.1. The number of anilines is 1. The molecule has 26 heavy (non-hydrogen) atoms. The van der Waals surface area contributed by atoms with E-state index in [1.54, 1.807) is 21.9 Å². The van der Waals surface area contributed by atoms with Crippen molar-refractivity contribution in [2.24, 2.45) is 0 Å². The summed E-state index contributed by atoms with van der Waals surface area (Å²) in [6, 6.07) is 5.05. The molecule has 0 unspecified atom stereocenters. The monoisotopic (exact) mass is 393 g/mol. The number of amides is 1. The molecule has 0 aliphatic carbocycles. The van der Waals surface area contributed by atoms with Crippen molar-refractivity contribution in [1.82, 2.24) is 20.0 Å². The Hall–Kier alpha value is -2.25. The lowest BCUT2D eigenvalue weighted by Gasteiger charge is -2.21. The van der Waals surface area contributed by atoms with Gasteiger partial charge in [0.15, 0.2) is 0 Å². The number of carbonyl (C=O) groups excluding carboxylic acids is 1. The van der Waals surface area contributed by atoms with Gasteiger partial charge in [-0.15, -0.1) is 0 Å². The first kappa shape index (κ1) is 17.2. The van der Waals surface area contributed by atoms with Crippen LogP contribution in [0.5, 0.6) is 0 Å². The van der Waals surface area contributed by atoms with Gasteiger partial charge in [0.1, 0.15) is 11.7 Å². The molecule has 9 heteroatoms. The second-order valence-corrected chi connectivity index (χ2v) is 7.30. The van der Waals surface area contributed by atoms with E-state index in [-0.39, 0.29) is 11.9 Å². The Morgan fingerprint density at radius 1 is 1.38 bits per heavy atom. The number of nitrogens with zero attached hydrogens (tertiary/aromatic N) is 4. The van der Waals surface area contributed by atoms with Crippen molar-refractivity contribution in [2.45, 2.75) is 18.9 Å². The van der Waals surface area contributed by atoms with Gasteiger partial charge in [-0.3, -0.25) is 4.79 Å². The van der Waals surface area contributed by atoms with Gasteiger partial charge in [-0.2, -0.15) is 4.98 Å². The maximum Gasteiger partial charge on any atom is 0.272 e. The van der Waals surface area contributed by atoms with Gasteiger partial charge < -0.3 is 19.3 Å². The Balaban J connectivity index is 1.67. The largest absolute Gasteiger partial charge is 0.349 e. The number of benzene rings is 1. The number of aromatic nitrogens is 3. The predicted octanol–water partition coefficient (Wildman–Crippen LogP) is 3.90. The predicted molar refractivity (Wildman–Crippen MR) is 100.0 cm³/mol. The minimum Gasteiger partial charge on any atom is -0.349 e. The molecule has 0 radical (unpaired) electrons. The summed E-state index contributed by atoms with van der Waals surface area (Å²) in [6.07, 6.45) is 1.63. The van der Waals surface area contributed by atoms with Crippen LogP contribution in [0.4, 0.5) is 5.95 Å². The summed E-state index contributed by atoms with van der Waals surface area (Å²) in [5, 5.41) is 5.61. The van der Waals surface area contributed by atoms with E-state index in [0.717, 1.165) is 23.7 Å². The highest BCUT2D eigenvalue weighted by Gasteiger charge is 2.36. The molecule has 2 aromatic heterocycles. The number of hydrogen-bond acceptors (Lipinski definition) is 5. The fourth-order valence-electron chi connectivity index (χ4n) is 3.23. The first-order valence-electron chi connectivity index (χ1n) is 8.24. The minimum atomic E-state index is -0.255. The van der Waals surface area contributed by atoms with E-state index in [1.165, 1.54) is 0 Å². The third kappa shape index (κ3) is 2.81. The van der Waals surface area contributed by atoms with Crippen LogP contribution in [0.2, 0.25) is 10.0 Å². The van der Waals surface area contributed by atoms with Crippen LogP contribution in [0.1, 0.15) is 35.3 Å². The molecule has 1 aliphatic heterocycles. The third-order valence-electron chi connectivity index (χ3n) is 4.54. The highest BCUT2D eigenvalue weighted by atomic mass is 35.5. The van der Waals surface area contributed by atoms with Gasteiger partial charge in [0.2, 0.25) is 0 Å². The lowest BCUT2D eigenvalue weighted by molar-refractivity contribution is 0.0705. The summed E-state index contributed by atoms with van der Waals surface area (Å²) in [5.41, 5.74) is 1.12. The Morgan fingerprint density at radius 2 is 2.19 bits per heavy atom. The van der Waals surface area contributed by atoms with Gasteiger partial charge in [-0.1, -0.05) is 23.2 Å². The second kappa shape index (κ2) is 6.48. The number of hydrogen-bond donors (Lipinski definition) is 1. The summed E-state index contributed by atoms with van der Waals surface area (Å²) in [5.74, 6) is 0.738. The Morgan fingerprint density at radius 3 is 2.92 bits per heavy atom. The van der Waals surface area contributed by atoms with Crippen LogP contribution in [-0.4, -0.2) is 46.6 Å². The van der Waals surface area contributed by atoms with Crippen molar-refractivity contribution in [3.63, 3.8) is 0 Å². The molecular formula is C17H17Cl2N5O2. The number of halogens is 2. The van der Waals surface area contributed by atoms with E-state index in [9.17, 15) is 4.79 Å². The maximum absolute atomic E-state index is 13.1. The lowest BCUT2D eigenvalue weighted by atomic mass is 10.2. The fourth-order valence-corrected chi connectivity index (χ4v) is 3.69. The van der Waals surface area contributed by atoms with Crippen LogP contribution in [-0.2, 0) is 0 Å². The normalized spacial score (nSPS) is 17.2. The highest BCUT2D eigenvalue weighted by Crippen LogP contribution is 2.36. The number of likely N-dealkylation sites (tertiary alicyclic amines) is 1. The summed E-state index contributed by atoms with van der Waals surface area (Å²) in [6.45, 7) is 0.607. The number of H-pyrrole nitrogens is 1. The second-order valence-electron chi connectivity index (χ2n) is 6.49. The molecule has 1 amide bonds. The van der Waals surface area contributed by atoms with Crippen LogP contribution < -0.4 is 4.90 Å². The highest BCUT2D eigenvalue weighted by molar-refractivity contribution is 6.39. The van der Waals surface area contributed by atoms with Crippen LogP contribution in [0.3, 0.4) is 0 Å². The molecule has 1 aliphatic rings. The molecule has 3 aromatic rings. The first-order valence-corrected chi connectivity index (χ1v) is 9.00. The van der Waals surface area contributed by atoms with E-state index in [2.05, 4.69) is 15.1 Å². The molecule has 3 heterocycles. The molecule has 1 fully saturated rings. The van der Waals surface area contributed by atoms with E-state index in [4.69, 9.17) is 27.7 Å². The summed E-state index contributed by atoms with van der Waals surface area (Å²) in [7, 11) is 3.67. The van der Waals surface area contributed by atoms with Gasteiger partial charge in [-0.25, -0.2) is 0 Å². The van der Waals surface area contributed by atoms with Crippen molar-refractivity contribution in [3.05, 3.63) is 39.8 Å². The SMILES string of the molecule is CN(C)c1noc([C@@H]2CCCN2C(=O)c2[nH]c3ccc(Cl)cc3c2Cl)n1. The van der Waals surface area contributed by atoms with E-state index >= 15 is 0 Å². The molecule has 1 N–H and O–H groups in total. The number of carbonyl (C=O) groups is 1. The average molecular weight is 394 g/mol. The van der Waals surface area contributed by atoms with Gasteiger partial charge in [0.05, 0.1) is 5.02 Å². The molecule has 0 bridgehead atoms. The van der Waals surface area contributed by atoms with Crippen molar-refractivity contribution >= 4 is 46.0 Å². The average Bonchev–Trinajstić information content (AvgIpc) is 3.32. The molecule has 0 spiro atoms. The zero-order chi connectivity index (χ0) is 18.4. The van der Waals surface area contributed by atoms with E-state index < -0.39 is 0 Å². The smallest absolute Gasteiger partial charge is 0.272 e. The summed E-state index contributed by atoms with van der Waals surface area (Å²) >= 11 is 12.5. The molecule has 1 aromatic carbocycles. The van der Waals surface area contributed by atoms with Gasteiger partial charge >= 0.3 is 0 Å². The zero-order valence-electron chi connectivity index (χ0n) is 14.3. The van der Waals surface area contributed by atoms with Gasteiger partial charge in [0, 0.05) is 36.6 Å². The van der Waals surface area contributed by atoms with Crippen LogP contribution in [0, 0.1) is 0 Å². The number of aromatic amines is 1. The maximum atomic E-state index is 13.1. The minimum absolute atomic E-state index is 0.186. The Kier molecular flexibility index (Phi) is 4.28.